The molecule has 0 bridgehead atoms. The summed E-state index contributed by atoms with van der Waals surface area (Å²) in [6.07, 6.45) is 1.85. The molecule has 5 rings (SSSR count). The van der Waals surface area contributed by atoms with Gasteiger partial charge in [-0.25, -0.2) is 4.68 Å². The van der Waals surface area contributed by atoms with Gasteiger partial charge in [-0.3, -0.25) is 9.59 Å². The Morgan fingerprint density at radius 2 is 1.77 bits per heavy atom. The van der Waals surface area contributed by atoms with Crippen molar-refractivity contribution in [2.75, 3.05) is 26.2 Å². The van der Waals surface area contributed by atoms with Crippen molar-refractivity contribution in [2.24, 2.45) is 0 Å². The van der Waals surface area contributed by atoms with E-state index in [1.165, 1.54) is 6.07 Å². The second-order valence-corrected chi connectivity index (χ2v) is 7.26. The first-order valence-electron chi connectivity index (χ1n) is 9.84. The summed E-state index contributed by atoms with van der Waals surface area (Å²) in [4.78, 5) is 28.7. The van der Waals surface area contributed by atoms with Crippen molar-refractivity contribution in [1.29, 1.82) is 0 Å². The highest BCUT2D eigenvalue weighted by atomic mass is 16.2. The lowest BCUT2D eigenvalue weighted by Gasteiger charge is -2.27. The second kappa shape index (κ2) is 7.57. The Bertz CT molecular complexity index is 1270. The number of amides is 1. The number of fused-ring (bicyclic) bond motifs is 1. The molecular formula is C22H20N6O2. The zero-order chi connectivity index (χ0) is 20.5. The van der Waals surface area contributed by atoms with Gasteiger partial charge in [-0.2, -0.15) is 0 Å². The number of aromatic amines is 1. The Hall–Kier alpha value is -3.78. The molecule has 3 heterocycles. The first-order chi connectivity index (χ1) is 14.7. The van der Waals surface area contributed by atoms with Gasteiger partial charge in [0.05, 0.1) is 11.9 Å². The molecule has 1 aliphatic rings. The lowest BCUT2D eigenvalue weighted by atomic mass is 10.1. The van der Waals surface area contributed by atoms with Gasteiger partial charge in [-0.05, 0) is 47.9 Å². The summed E-state index contributed by atoms with van der Waals surface area (Å²) in [7, 11) is 0. The summed E-state index contributed by atoms with van der Waals surface area (Å²) in [6.45, 7) is 3.12. The van der Waals surface area contributed by atoms with Gasteiger partial charge in [0.1, 0.15) is 5.69 Å². The molecular weight excluding hydrogens is 380 g/mol. The minimum Gasteiger partial charge on any atom is -0.336 e. The third kappa shape index (κ3) is 3.48. The highest BCUT2D eigenvalue weighted by Gasteiger charge is 2.18. The molecule has 0 unspecified atom stereocenters. The van der Waals surface area contributed by atoms with Crippen LogP contribution in [0.15, 0.2) is 65.6 Å². The van der Waals surface area contributed by atoms with Crippen LogP contribution in [0.5, 0.6) is 0 Å². The van der Waals surface area contributed by atoms with E-state index in [9.17, 15) is 9.59 Å². The minimum absolute atomic E-state index is 0.0523. The average Bonchev–Trinajstić information content (AvgIpc) is 3.29. The Balaban J connectivity index is 1.38. The molecule has 8 nitrogen and oxygen atoms in total. The van der Waals surface area contributed by atoms with E-state index >= 15 is 0 Å². The first kappa shape index (κ1) is 18.3. The molecule has 30 heavy (non-hydrogen) atoms. The van der Waals surface area contributed by atoms with Crippen LogP contribution >= 0.6 is 0 Å². The smallest absolute Gasteiger partial charge is 0.253 e. The molecule has 0 aliphatic carbocycles. The third-order valence-corrected chi connectivity index (χ3v) is 5.30. The number of pyridine rings is 1. The van der Waals surface area contributed by atoms with Gasteiger partial charge in [0.25, 0.3) is 5.91 Å². The van der Waals surface area contributed by atoms with Gasteiger partial charge in [0.2, 0.25) is 5.56 Å². The van der Waals surface area contributed by atoms with E-state index in [4.69, 9.17) is 0 Å². The Labute approximate surface area is 172 Å². The molecule has 150 valence electrons. The molecule has 1 aliphatic heterocycles. The van der Waals surface area contributed by atoms with E-state index in [0.29, 0.717) is 5.56 Å². The highest BCUT2D eigenvalue weighted by Crippen LogP contribution is 2.22. The molecule has 2 N–H and O–H groups in total. The quantitative estimate of drug-likeness (QED) is 0.547. The SMILES string of the molecule is O=C(c1ccc(-n2cc(-c3ccc4[nH]c(=O)ccc4c3)nn2)cc1)N1CCNCC1. The van der Waals surface area contributed by atoms with Crippen LogP contribution in [0.4, 0.5) is 0 Å². The first-order valence-corrected chi connectivity index (χ1v) is 9.84. The monoisotopic (exact) mass is 400 g/mol. The molecule has 1 fully saturated rings. The number of piperazine rings is 1. The number of rotatable bonds is 3. The maximum atomic E-state index is 12.6. The zero-order valence-electron chi connectivity index (χ0n) is 16.2. The Morgan fingerprint density at radius 3 is 2.57 bits per heavy atom. The van der Waals surface area contributed by atoms with Crippen molar-refractivity contribution < 1.29 is 4.79 Å². The van der Waals surface area contributed by atoms with Gasteiger partial charge in [-0.1, -0.05) is 11.3 Å². The minimum atomic E-state index is -0.125. The van der Waals surface area contributed by atoms with E-state index < -0.39 is 0 Å². The molecule has 0 radical (unpaired) electrons. The maximum absolute atomic E-state index is 12.6. The molecule has 4 aromatic rings. The van der Waals surface area contributed by atoms with Crippen LogP contribution in [0.3, 0.4) is 0 Å². The third-order valence-electron chi connectivity index (χ3n) is 5.30. The fraction of sp³-hybridized carbons (Fsp3) is 0.182. The predicted molar refractivity (Wildman–Crippen MR) is 114 cm³/mol. The van der Waals surface area contributed by atoms with Gasteiger partial charge in [0, 0.05) is 48.9 Å². The van der Waals surface area contributed by atoms with Crippen molar-refractivity contribution in [3.63, 3.8) is 0 Å². The molecule has 1 saturated heterocycles. The van der Waals surface area contributed by atoms with E-state index in [0.717, 1.165) is 54.0 Å². The fourth-order valence-electron chi connectivity index (χ4n) is 3.64. The lowest BCUT2D eigenvalue weighted by Crippen LogP contribution is -2.46. The van der Waals surface area contributed by atoms with Crippen LogP contribution in [-0.4, -0.2) is 57.0 Å². The molecule has 1 amide bonds. The van der Waals surface area contributed by atoms with Gasteiger partial charge < -0.3 is 15.2 Å². The van der Waals surface area contributed by atoms with Crippen molar-refractivity contribution in [1.82, 2.24) is 30.2 Å². The van der Waals surface area contributed by atoms with Crippen LogP contribution < -0.4 is 10.9 Å². The molecule has 2 aromatic heterocycles. The summed E-state index contributed by atoms with van der Waals surface area (Å²) >= 11 is 0. The van der Waals surface area contributed by atoms with Crippen molar-refractivity contribution in [3.8, 4) is 16.9 Å². The number of carbonyl (C=O) groups is 1. The predicted octanol–water partition coefficient (Wildman–Crippen LogP) is 1.82. The summed E-state index contributed by atoms with van der Waals surface area (Å²) in [6, 6.07) is 16.4. The molecule has 0 saturated carbocycles. The van der Waals surface area contributed by atoms with Gasteiger partial charge in [-0.15, -0.1) is 5.10 Å². The number of hydrogen-bond donors (Lipinski definition) is 2. The van der Waals surface area contributed by atoms with E-state index in [2.05, 4.69) is 20.6 Å². The number of hydrogen-bond acceptors (Lipinski definition) is 5. The maximum Gasteiger partial charge on any atom is 0.253 e. The number of benzene rings is 2. The van der Waals surface area contributed by atoms with Crippen LogP contribution in [0.2, 0.25) is 0 Å². The largest absolute Gasteiger partial charge is 0.336 e. The number of H-pyrrole nitrogens is 1. The average molecular weight is 400 g/mol. The van der Waals surface area contributed by atoms with Crippen molar-refractivity contribution >= 4 is 16.8 Å². The summed E-state index contributed by atoms with van der Waals surface area (Å²) < 4.78 is 1.69. The number of nitrogens with zero attached hydrogens (tertiary/aromatic N) is 4. The summed E-state index contributed by atoms with van der Waals surface area (Å²) in [5.41, 5.74) is 3.79. The Kier molecular flexibility index (Phi) is 4.61. The van der Waals surface area contributed by atoms with Gasteiger partial charge >= 0.3 is 0 Å². The molecule has 2 aromatic carbocycles. The lowest BCUT2D eigenvalue weighted by molar-refractivity contribution is 0.0736. The van der Waals surface area contributed by atoms with E-state index in [1.54, 1.807) is 10.7 Å². The standard InChI is InChI=1S/C22H20N6O2/c29-21-8-4-16-13-17(3-7-19(16)24-21)20-14-28(26-25-20)18-5-1-15(2-6-18)22(30)27-11-9-23-10-12-27/h1-8,13-14,23H,9-12H2,(H,24,29). The fourth-order valence-corrected chi connectivity index (χ4v) is 3.64. The summed E-state index contributed by atoms with van der Waals surface area (Å²) in [5, 5.41) is 12.7. The normalized spacial score (nSPS) is 14.2. The highest BCUT2D eigenvalue weighted by molar-refractivity contribution is 5.94. The van der Waals surface area contributed by atoms with E-state index in [-0.39, 0.29) is 11.5 Å². The summed E-state index contributed by atoms with van der Waals surface area (Å²) in [5.74, 6) is 0.0523. The molecule has 0 atom stereocenters. The van der Waals surface area contributed by atoms with Crippen LogP contribution in [0, 0.1) is 0 Å². The van der Waals surface area contributed by atoms with Crippen LogP contribution in [0.1, 0.15) is 10.4 Å². The second-order valence-electron chi connectivity index (χ2n) is 7.26. The number of carbonyl (C=O) groups excluding carboxylic acids is 1. The van der Waals surface area contributed by atoms with Crippen molar-refractivity contribution in [3.05, 3.63) is 76.7 Å². The Morgan fingerprint density at radius 1 is 0.967 bits per heavy atom. The topological polar surface area (TPSA) is 95.9 Å². The van der Waals surface area contributed by atoms with Crippen LogP contribution in [-0.2, 0) is 0 Å². The molecule has 8 heteroatoms. The number of nitrogens with one attached hydrogen (secondary N) is 2. The van der Waals surface area contributed by atoms with Gasteiger partial charge in [0.15, 0.2) is 0 Å². The van der Waals surface area contributed by atoms with E-state index in [1.807, 2.05) is 53.6 Å². The zero-order valence-corrected chi connectivity index (χ0v) is 16.2. The van der Waals surface area contributed by atoms with Crippen LogP contribution in [0.25, 0.3) is 27.8 Å². The van der Waals surface area contributed by atoms with Crippen molar-refractivity contribution in [2.45, 2.75) is 0 Å². The molecule has 0 spiro atoms. The number of aromatic nitrogens is 4.